The molecule has 1 aromatic rings. The summed E-state index contributed by atoms with van der Waals surface area (Å²) < 4.78 is 5.38. The molecule has 1 N–H and O–H groups in total. The summed E-state index contributed by atoms with van der Waals surface area (Å²) in [6, 6.07) is 8.52. The van der Waals surface area contributed by atoms with Gasteiger partial charge in [-0.3, -0.25) is 5.41 Å². The number of benzene rings is 1. The molecule has 1 fully saturated rings. The van der Waals surface area contributed by atoms with Crippen LogP contribution in [-0.2, 0) is 4.74 Å². The molecular formula is C18H24N4OS. The molecule has 2 heterocycles. The van der Waals surface area contributed by atoms with Crippen LogP contribution in [0.5, 0.6) is 0 Å². The smallest absolute Gasteiger partial charge is 0.171 e. The van der Waals surface area contributed by atoms with Crippen molar-refractivity contribution in [3.63, 3.8) is 0 Å². The molecule has 0 radical (unpaired) electrons. The normalized spacial score (nSPS) is 19.8. The quantitative estimate of drug-likeness (QED) is 0.911. The number of ether oxygens (including phenoxy) is 1. The Hall–Kier alpha value is -1.79. The number of rotatable bonds is 4. The molecule has 6 heteroatoms. The van der Waals surface area contributed by atoms with Crippen molar-refractivity contribution in [1.82, 2.24) is 4.90 Å². The molecule has 1 saturated heterocycles. The Kier molecular flexibility index (Phi) is 5.58. The number of nitrogens with zero attached hydrogens (tertiary/aromatic N) is 3. The van der Waals surface area contributed by atoms with Crippen LogP contribution in [0.2, 0.25) is 0 Å². The second-order valence-corrected chi connectivity index (χ2v) is 6.73. The van der Waals surface area contributed by atoms with Gasteiger partial charge in [-0.1, -0.05) is 12.1 Å². The number of nitrogens with one attached hydrogen (secondary N) is 1. The molecule has 128 valence electrons. The highest BCUT2D eigenvalue weighted by atomic mass is 32.2. The second kappa shape index (κ2) is 7.85. The van der Waals surface area contributed by atoms with Gasteiger partial charge in [0.15, 0.2) is 11.0 Å². The summed E-state index contributed by atoms with van der Waals surface area (Å²) in [6.45, 7) is 9.52. The molecule has 0 saturated carbocycles. The molecule has 0 atom stereocenters. The number of anilines is 1. The first-order valence-electron chi connectivity index (χ1n) is 8.46. The van der Waals surface area contributed by atoms with Gasteiger partial charge in [0, 0.05) is 31.9 Å². The Balaban J connectivity index is 1.69. The van der Waals surface area contributed by atoms with Crippen molar-refractivity contribution in [1.29, 1.82) is 5.41 Å². The monoisotopic (exact) mass is 344 g/mol. The van der Waals surface area contributed by atoms with Crippen LogP contribution in [0.3, 0.4) is 0 Å². The molecule has 0 aromatic heterocycles. The fourth-order valence-corrected chi connectivity index (χ4v) is 3.81. The summed E-state index contributed by atoms with van der Waals surface area (Å²) >= 11 is 1.59. The highest BCUT2D eigenvalue weighted by molar-refractivity contribution is 8.18. The Morgan fingerprint density at radius 2 is 1.88 bits per heavy atom. The van der Waals surface area contributed by atoms with Crippen molar-refractivity contribution in [2.75, 3.05) is 44.3 Å². The molecule has 3 rings (SSSR count). The molecule has 5 nitrogen and oxygen atoms in total. The van der Waals surface area contributed by atoms with Crippen LogP contribution < -0.4 is 4.90 Å². The van der Waals surface area contributed by atoms with E-state index in [-0.39, 0.29) is 0 Å². The van der Waals surface area contributed by atoms with Crippen LogP contribution >= 0.6 is 11.8 Å². The lowest BCUT2D eigenvalue weighted by atomic mass is 10.1. The summed E-state index contributed by atoms with van der Waals surface area (Å²) in [5, 5.41) is 9.06. The van der Waals surface area contributed by atoms with Gasteiger partial charge in [0.25, 0.3) is 0 Å². The zero-order valence-corrected chi connectivity index (χ0v) is 15.1. The summed E-state index contributed by atoms with van der Waals surface area (Å²) in [5.74, 6) is 0.356. The van der Waals surface area contributed by atoms with Crippen LogP contribution in [-0.4, -0.2) is 55.3 Å². The molecule has 0 amide bonds. The predicted octanol–water partition coefficient (Wildman–Crippen LogP) is 3.29. The first-order valence-corrected chi connectivity index (χ1v) is 9.27. The first-order chi connectivity index (χ1) is 11.7. The Bertz CT molecular complexity index is 643. The SMILES string of the molecule is CCN(CC)c1ccc(/C=C2\SC(N3CCOCC3)=NC2=N)cc1. The van der Waals surface area contributed by atoms with Gasteiger partial charge in [-0.05, 0) is 49.4 Å². The van der Waals surface area contributed by atoms with E-state index in [0.717, 1.165) is 55.0 Å². The average Bonchev–Trinajstić information content (AvgIpc) is 2.99. The van der Waals surface area contributed by atoms with Gasteiger partial charge >= 0.3 is 0 Å². The number of morpholine rings is 1. The Morgan fingerprint density at radius 3 is 2.50 bits per heavy atom. The topological polar surface area (TPSA) is 51.9 Å². The second-order valence-electron chi connectivity index (χ2n) is 5.72. The van der Waals surface area contributed by atoms with Gasteiger partial charge in [-0.25, -0.2) is 4.99 Å². The molecule has 0 aliphatic carbocycles. The third kappa shape index (κ3) is 3.82. The molecule has 24 heavy (non-hydrogen) atoms. The lowest BCUT2D eigenvalue weighted by Crippen LogP contribution is -2.38. The summed E-state index contributed by atoms with van der Waals surface area (Å²) in [7, 11) is 0. The predicted molar refractivity (Wildman–Crippen MR) is 103 cm³/mol. The number of amidine groups is 2. The summed E-state index contributed by atoms with van der Waals surface area (Å²) in [5.41, 5.74) is 2.35. The van der Waals surface area contributed by atoms with E-state index >= 15 is 0 Å². The van der Waals surface area contributed by atoms with Gasteiger partial charge in [-0.2, -0.15) is 0 Å². The van der Waals surface area contributed by atoms with Crippen molar-refractivity contribution < 1.29 is 4.74 Å². The number of hydrogen-bond acceptors (Lipinski definition) is 5. The van der Waals surface area contributed by atoms with Crippen molar-refractivity contribution in [3.05, 3.63) is 34.7 Å². The van der Waals surface area contributed by atoms with E-state index < -0.39 is 0 Å². The summed E-state index contributed by atoms with van der Waals surface area (Å²) in [4.78, 5) is 9.85. The molecular weight excluding hydrogens is 320 g/mol. The third-order valence-electron chi connectivity index (χ3n) is 4.24. The van der Waals surface area contributed by atoms with Gasteiger partial charge < -0.3 is 14.5 Å². The lowest BCUT2D eigenvalue weighted by Gasteiger charge is -2.27. The minimum absolute atomic E-state index is 0.356. The molecule has 2 aliphatic rings. The summed E-state index contributed by atoms with van der Waals surface area (Å²) in [6.07, 6.45) is 2.05. The van der Waals surface area contributed by atoms with Crippen LogP contribution in [0.1, 0.15) is 19.4 Å². The van der Waals surface area contributed by atoms with Crippen LogP contribution in [0.4, 0.5) is 5.69 Å². The molecule has 1 aromatic carbocycles. The van der Waals surface area contributed by atoms with Gasteiger partial charge in [-0.15, -0.1) is 0 Å². The highest BCUT2D eigenvalue weighted by Gasteiger charge is 2.24. The minimum Gasteiger partial charge on any atom is -0.378 e. The van der Waals surface area contributed by atoms with Gasteiger partial charge in [0.1, 0.15) is 0 Å². The maximum atomic E-state index is 8.13. The largest absolute Gasteiger partial charge is 0.378 e. The van der Waals surface area contributed by atoms with E-state index in [0.29, 0.717) is 5.84 Å². The molecule has 0 spiro atoms. The van der Waals surface area contributed by atoms with E-state index in [4.69, 9.17) is 10.1 Å². The van der Waals surface area contributed by atoms with E-state index in [9.17, 15) is 0 Å². The standard InChI is InChI=1S/C18H24N4OS/c1-3-21(4-2)15-7-5-14(6-8-15)13-16-17(19)20-18(24-16)22-9-11-23-12-10-22/h5-8,13,19H,3-4,9-12H2,1-2H3/b16-13-,19-17?. The van der Waals surface area contributed by atoms with E-state index in [1.54, 1.807) is 11.8 Å². The van der Waals surface area contributed by atoms with E-state index in [1.807, 2.05) is 0 Å². The van der Waals surface area contributed by atoms with E-state index in [2.05, 4.69) is 59.0 Å². The first kappa shape index (κ1) is 17.0. The third-order valence-corrected chi connectivity index (χ3v) is 5.31. The molecule has 2 aliphatic heterocycles. The Morgan fingerprint density at radius 1 is 1.21 bits per heavy atom. The van der Waals surface area contributed by atoms with Crippen LogP contribution in [0.15, 0.2) is 34.2 Å². The maximum absolute atomic E-state index is 8.13. The van der Waals surface area contributed by atoms with Crippen molar-refractivity contribution in [3.8, 4) is 0 Å². The van der Waals surface area contributed by atoms with Crippen LogP contribution in [0, 0.1) is 5.41 Å². The number of aliphatic imine (C=N–C) groups is 1. The maximum Gasteiger partial charge on any atom is 0.171 e. The van der Waals surface area contributed by atoms with Crippen LogP contribution in [0.25, 0.3) is 6.08 Å². The zero-order valence-electron chi connectivity index (χ0n) is 14.3. The molecule has 0 bridgehead atoms. The average molecular weight is 344 g/mol. The highest BCUT2D eigenvalue weighted by Crippen LogP contribution is 2.31. The van der Waals surface area contributed by atoms with Crippen molar-refractivity contribution >= 4 is 34.5 Å². The van der Waals surface area contributed by atoms with E-state index in [1.165, 1.54) is 5.69 Å². The fourth-order valence-electron chi connectivity index (χ4n) is 2.83. The number of thioether (sulfide) groups is 1. The van der Waals surface area contributed by atoms with Gasteiger partial charge in [0.2, 0.25) is 0 Å². The van der Waals surface area contributed by atoms with Crippen molar-refractivity contribution in [2.24, 2.45) is 4.99 Å². The lowest BCUT2D eigenvalue weighted by molar-refractivity contribution is 0.0694. The molecule has 0 unspecified atom stereocenters. The number of hydrogen-bond donors (Lipinski definition) is 1. The van der Waals surface area contributed by atoms with Gasteiger partial charge in [0.05, 0.1) is 18.1 Å². The fraction of sp³-hybridized carbons (Fsp3) is 0.444. The van der Waals surface area contributed by atoms with Crippen molar-refractivity contribution in [2.45, 2.75) is 13.8 Å². The minimum atomic E-state index is 0.356. The zero-order chi connectivity index (χ0) is 16.9. The Labute approximate surface area is 147 Å².